The van der Waals surface area contributed by atoms with E-state index in [2.05, 4.69) is 16.3 Å². The number of fused-ring (bicyclic) bond motifs is 2. The van der Waals surface area contributed by atoms with Crippen molar-refractivity contribution in [3.8, 4) is 33.2 Å². The Morgan fingerprint density at radius 2 is 1.83 bits per heavy atom. The van der Waals surface area contributed by atoms with Crippen molar-refractivity contribution >= 4 is 50.0 Å². The average Bonchev–Trinajstić information content (AvgIpc) is 3.64. The lowest BCUT2D eigenvalue weighted by Crippen LogP contribution is -2.28. The second-order valence-corrected chi connectivity index (χ2v) is 12.5. The molecule has 0 saturated carbocycles. The van der Waals surface area contributed by atoms with Crippen molar-refractivity contribution in [1.29, 1.82) is 0 Å². The fraction of sp³-hybridized carbons (Fsp3) is 0.226. The van der Waals surface area contributed by atoms with Gasteiger partial charge in [-0.25, -0.2) is 14.8 Å². The van der Waals surface area contributed by atoms with Crippen molar-refractivity contribution < 1.29 is 14.6 Å². The number of aryl methyl sites for hydroxylation is 2. The smallest absolute Gasteiger partial charge is 0.337 e. The van der Waals surface area contributed by atoms with E-state index in [4.69, 9.17) is 26.3 Å². The van der Waals surface area contributed by atoms with Crippen LogP contribution in [-0.2, 0) is 16.6 Å². The van der Waals surface area contributed by atoms with Crippen LogP contribution in [-0.4, -0.2) is 41.4 Å². The molecule has 0 aliphatic carbocycles. The molecule has 6 aromatic rings. The molecule has 8 nitrogen and oxygen atoms in total. The number of carbonyl (C=O) groups is 1. The summed E-state index contributed by atoms with van der Waals surface area (Å²) in [6.07, 6.45) is 2.59. The van der Waals surface area contributed by atoms with Crippen molar-refractivity contribution in [2.24, 2.45) is 7.05 Å². The van der Waals surface area contributed by atoms with Gasteiger partial charge in [-0.05, 0) is 75.2 Å². The molecular formula is C31H28ClN5O3S. The van der Waals surface area contributed by atoms with Gasteiger partial charge in [-0.1, -0.05) is 23.7 Å². The van der Waals surface area contributed by atoms with E-state index in [1.165, 1.54) is 11.3 Å². The van der Waals surface area contributed by atoms with Gasteiger partial charge in [-0.3, -0.25) is 5.10 Å². The Morgan fingerprint density at radius 1 is 1.10 bits per heavy atom. The summed E-state index contributed by atoms with van der Waals surface area (Å²) in [6.45, 7) is 7.46. The zero-order valence-electron chi connectivity index (χ0n) is 23.2. The minimum Gasteiger partial charge on any atom is -0.479 e. The number of benzene rings is 3. The summed E-state index contributed by atoms with van der Waals surface area (Å²) in [5.74, 6) is -0.243. The van der Waals surface area contributed by atoms with Crippen molar-refractivity contribution in [3.63, 3.8) is 0 Å². The number of hydrogen-bond donors (Lipinski definition) is 2. The van der Waals surface area contributed by atoms with Crippen molar-refractivity contribution in [2.75, 3.05) is 0 Å². The largest absolute Gasteiger partial charge is 0.479 e. The number of carboxylic acids is 1. The number of aromatic amines is 1. The summed E-state index contributed by atoms with van der Waals surface area (Å²) in [4.78, 5) is 22.5. The molecule has 3 aromatic carbocycles. The van der Waals surface area contributed by atoms with Gasteiger partial charge >= 0.3 is 5.97 Å². The van der Waals surface area contributed by atoms with Crippen molar-refractivity contribution in [3.05, 3.63) is 77.1 Å². The molecule has 0 spiro atoms. The minimum absolute atomic E-state index is 0.597. The normalized spacial score (nSPS) is 12.8. The fourth-order valence-corrected chi connectivity index (χ4v) is 6.27. The Morgan fingerprint density at radius 3 is 2.54 bits per heavy atom. The number of hydrogen-bond acceptors (Lipinski definition) is 6. The lowest BCUT2D eigenvalue weighted by atomic mass is 9.91. The lowest BCUT2D eigenvalue weighted by molar-refractivity contribution is -0.160. The number of imidazole rings is 1. The number of halogens is 1. The highest BCUT2D eigenvalue weighted by atomic mass is 35.5. The Bertz CT molecular complexity index is 1930. The SMILES string of the molecule is Cc1cc2nc(-c3cn(C)c(-c4ccc5[nH]ncc5c4)n3)sc2c(-c2ccc(Cl)cc2)c1C(OC(C)(C)C)C(=O)O. The summed E-state index contributed by atoms with van der Waals surface area (Å²) >= 11 is 7.71. The molecule has 0 bridgehead atoms. The van der Waals surface area contributed by atoms with E-state index in [1.54, 1.807) is 18.3 Å². The highest BCUT2D eigenvalue weighted by Gasteiger charge is 2.32. The third-order valence-electron chi connectivity index (χ3n) is 6.81. The van der Waals surface area contributed by atoms with Crippen LogP contribution in [0, 0.1) is 6.92 Å². The first-order valence-corrected chi connectivity index (χ1v) is 14.3. The van der Waals surface area contributed by atoms with Gasteiger partial charge in [-0.2, -0.15) is 5.10 Å². The summed E-state index contributed by atoms with van der Waals surface area (Å²) in [5, 5.41) is 19.7. The standard InChI is InChI=1S/C31H28ClN5O3S/c1-16-12-22-27(25(17-6-9-20(32)10-7-17)24(16)26(30(38)39)40-31(2,3)4)41-29(35-22)23-15-37(5)28(34-23)18-8-11-21-19(13-18)14-33-36-21/h6-15,26H,1-5H3,(H,33,36)(H,38,39). The minimum atomic E-state index is -1.17. The predicted octanol–water partition coefficient (Wildman–Crippen LogP) is 7.81. The maximum Gasteiger partial charge on any atom is 0.337 e. The Hall–Kier alpha value is -4.05. The molecule has 2 N–H and O–H groups in total. The molecule has 10 heteroatoms. The molecule has 0 aliphatic rings. The number of thiazole rings is 1. The summed E-state index contributed by atoms with van der Waals surface area (Å²) < 4.78 is 8.96. The van der Waals surface area contributed by atoms with E-state index in [9.17, 15) is 9.90 Å². The van der Waals surface area contributed by atoms with Crippen LogP contribution in [0.4, 0.5) is 0 Å². The van der Waals surface area contributed by atoms with E-state index in [1.807, 2.05) is 75.8 Å². The van der Waals surface area contributed by atoms with Crippen LogP contribution in [0.2, 0.25) is 5.02 Å². The van der Waals surface area contributed by atoms with Gasteiger partial charge in [0, 0.05) is 40.3 Å². The number of aromatic nitrogens is 5. The average molecular weight is 586 g/mol. The molecule has 0 fully saturated rings. The van der Waals surface area contributed by atoms with Gasteiger partial charge in [0.25, 0.3) is 0 Å². The number of carboxylic acid groups (broad SMARTS) is 1. The number of ether oxygens (including phenoxy) is 1. The van der Waals surface area contributed by atoms with E-state index >= 15 is 0 Å². The number of nitrogens with zero attached hydrogens (tertiary/aromatic N) is 4. The van der Waals surface area contributed by atoms with Crippen LogP contribution in [0.3, 0.4) is 0 Å². The highest BCUT2D eigenvalue weighted by molar-refractivity contribution is 7.22. The lowest BCUT2D eigenvalue weighted by Gasteiger charge is -2.28. The molecule has 6 rings (SSSR count). The predicted molar refractivity (Wildman–Crippen MR) is 163 cm³/mol. The van der Waals surface area contributed by atoms with Gasteiger partial charge in [0.2, 0.25) is 0 Å². The fourth-order valence-electron chi connectivity index (χ4n) is 5.07. The van der Waals surface area contributed by atoms with Crippen LogP contribution in [0.5, 0.6) is 0 Å². The maximum absolute atomic E-state index is 12.6. The van der Waals surface area contributed by atoms with Crippen molar-refractivity contribution in [1.82, 2.24) is 24.7 Å². The van der Waals surface area contributed by atoms with Gasteiger partial charge in [0.1, 0.15) is 16.5 Å². The first kappa shape index (κ1) is 27.1. The van der Waals surface area contributed by atoms with Gasteiger partial charge in [0.05, 0.1) is 27.5 Å². The molecule has 208 valence electrons. The van der Waals surface area contributed by atoms with E-state index < -0.39 is 17.7 Å². The topological polar surface area (TPSA) is 106 Å². The Balaban J connectivity index is 1.54. The Kier molecular flexibility index (Phi) is 6.68. The quantitative estimate of drug-likeness (QED) is 0.206. The number of rotatable bonds is 6. The first-order chi connectivity index (χ1) is 19.5. The number of nitrogens with one attached hydrogen (secondary N) is 1. The summed E-state index contributed by atoms with van der Waals surface area (Å²) in [5.41, 5.74) is 5.76. The summed E-state index contributed by atoms with van der Waals surface area (Å²) in [7, 11) is 1.96. The zero-order valence-corrected chi connectivity index (χ0v) is 24.8. The van der Waals surface area contributed by atoms with Crippen LogP contribution in [0.25, 0.3) is 54.3 Å². The van der Waals surface area contributed by atoms with Crippen LogP contribution in [0.15, 0.2) is 60.9 Å². The molecule has 1 atom stereocenters. The molecule has 0 amide bonds. The molecule has 1 unspecified atom stereocenters. The monoisotopic (exact) mass is 585 g/mol. The summed E-state index contributed by atoms with van der Waals surface area (Å²) in [6, 6.07) is 15.4. The molecule has 3 aromatic heterocycles. The Labute approximate surface area is 245 Å². The molecule has 0 aliphatic heterocycles. The molecule has 0 saturated heterocycles. The van der Waals surface area contributed by atoms with Gasteiger partial charge in [0.15, 0.2) is 6.10 Å². The van der Waals surface area contributed by atoms with Crippen LogP contribution >= 0.6 is 22.9 Å². The molecule has 3 heterocycles. The highest BCUT2D eigenvalue weighted by Crippen LogP contribution is 2.44. The number of aliphatic carboxylic acids is 1. The second-order valence-electron chi connectivity index (χ2n) is 11.0. The third kappa shape index (κ3) is 5.12. The van der Waals surface area contributed by atoms with Gasteiger partial charge < -0.3 is 14.4 Å². The third-order valence-corrected chi connectivity index (χ3v) is 8.18. The molecule has 41 heavy (non-hydrogen) atoms. The zero-order chi connectivity index (χ0) is 29.1. The second kappa shape index (κ2) is 10.1. The van der Waals surface area contributed by atoms with E-state index in [0.29, 0.717) is 10.6 Å². The van der Waals surface area contributed by atoms with Gasteiger partial charge in [-0.15, -0.1) is 11.3 Å². The van der Waals surface area contributed by atoms with Crippen molar-refractivity contribution in [2.45, 2.75) is 39.4 Å². The molecular weight excluding hydrogens is 558 g/mol. The van der Waals surface area contributed by atoms with E-state index in [0.717, 1.165) is 59.9 Å². The number of H-pyrrole nitrogens is 1. The van der Waals surface area contributed by atoms with E-state index in [-0.39, 0.29) is 0 Å². The first-order valence-electron chi connectivity index (χ1n) is 13.1. The van der Waals surface area contributed by atoms with Crippen LogP contribution in [0.1, 0.15) is 38.0 Å². The molecule has 0 radical (unpaired) electrons. The van der Waals surface area contributed by atoms with Crippen LogP contribution < -0.4 is 0 Å². The maximum atomic E-state index is 12.6.